The molecule has 0 saturated heterocycles. The van der Waals surface area contributed by atoms with E-state index in [0.29, 0.717) is 5.92 Å². The summed E-state index contributed by atoms with van der Waals surface area (Å²) in [4.78, 5) is 0. The van der Waals surface area contributed by atoms with Crippen molar-refractivity contribution in [3.63, 3.8) is 0 Å². The highest BCUT2D eigenvalue weighted by Gasteiger charge is 2.31. The van der Waals surface area contributed by atoms with Gasteiger partial charge in [0.1, 0.15) is 5.75 Å². The van der Waals surface area contributed by atoms with Crippen molar-refractivity contribution in [3.8, 4) is 16.9 Å². The summed E-state index contributed by atoms with van der Waals surface area (Å²) in [7, 11) is 0. The fraction of sp³-hybridized carbons (Fsp3) is 0.250. The Labute approximate surface area is 115 Å². The van der Waals surface area contributed by atoms with Gasteiger partial charge in [-0.3, -0.25) is 0 Å². The molecule has 2 aromatic rings. The van der Waals surface area contributed by atoms with Crippen LogP contribution in [0.5, 0.6) is 5.75 Å². The van der Waals surface area contributed by atoms with E-state index in [-0.39, 0.29) is 5.75 Å². The highest BCUT2D eigenvalue weighted by molar-refractivity contribution is 5.64. The molecule has 0 N–H and O–H groups in total. The standard InChI is InChI=1S/C16H13F3O/c17-16(18,19)20-15-9-7-14(8-10-15)13-5-3-12(4-6-13)11-1-2-11/h3-11H,1-2H2. The summed E-state index contributed by atoms with van der Waals surface area (Å²) in [6, 6.07) is 14.1. The Morgan fingerprint density at radius 1 is 0.800 bits per heavy atom. The van der Waals surface area contributed by atoms with Crippen LogP contribution in [0.1, 0.15) is 24.3 Å². The zero-order valence-electron chi connectivity index (χ0n) is 10.7. The van der Waals surface area contributed by atoms with Crippen LogP contribution in [0, 0.1) is 0 Å². The molecule has 0 unspecified atom stereocenters. The van der Waals surface area contributed by atoms with E-state index >= 15 is 0 Å². The van der Waals surface area contributed by atoms with Gasteiger partial charge in [-0.25, -0.2) is 0 Å². The van der Waals surface area contributed by atoms with Crippen LogP contribution in [0.25, 0.3) is 11.1 Å². The molecule has 0 bridgehead atoms. The molecule has 1 aliphatic rings. The first-order valence-electron chi connectivity index (χ1n) is 6.47. The molecular weight excluding hydrogens is 265 g/mol. The molecule has 1 aliphatic carbocycles. The zero-order valence-corrected chi connectivity index (χ0v) is 10.7. The minimum atomic E-state index is -4.65. The Hall–Kier alpha value is -1.97. The lowest BCUT2D eigenvalue weighted by atomic mass is 10.0. The van der Waals surface area contributed by atoms with Crippen LogP contribution >= 0.6 is 0 Å². The maximum Gasteiger partial charge on any atom is 0.573 e. The van der Waals surface area contributed by atoms with E-state index in [1.54, 1.807) is 12.1 Å². The van der Waals surface area contributed by atoms with Gasteiger partial charge in [-0.1, -0.05) is 36.4 Å². The van der Waals surface area contributed by atoms with Gasteiger partial charge < -0.3 is 4.74 Å². The minimum Gasteiger partial charge on any atom is -0.406 e. The van der Waals surface area contributed by atoms with E-state index < -0.39 is 6.36 Å². The van der Waals surface area contributed by atoms with Gasteiger partial charge in [-0.15, -0.1) is 13.2 Å². The van der Waals surface area contributed by atoms with Crippen LogP contribution in [0.15, 0.2) is 48.5 Å². The van der Waals surface area contributed by atoms with E-state index in [2.05, 4.69) is 16.9 Å². The van der Waals surface area contributed by atoms with Crippen LogP contribution in [-0.2, 0) is 0 Å². The molecule has 3 rings (SSSR count). The van der Waals surface area contributed by atoms with E-state index in [1.165, 1.54) is 30.5 Å². The fourth-order valence-electron chi connectivity index (χ4n) is 2.21. The predicted molar refractivity (Wildman–Crippen MR) is 70.5 cm³/mol. The monoisotopic (exact) mass is 278 g/mol. The molecule has 1 saturated carbocycles. The van der Waals surface area contributed by atoms with E-state index in [9.17, 15) is 13.2 Å². The van der Waals surface area contributed by atoms with Crippen LogP contribution in [0.4, 0.5) is 13.2 Å². The molecule has 104 valence electrons. The number of rotatable bonds is 3. The molecular formula is C16H13F3O. The van der Waals surface area contributed by atoms with Crippen LogP contribution in [0.2, 0.25) is 0 Å². The Bertz CT molecular complexity index is 581. The van der Waals surface area contributed by atoms with E-state index in [0.717, 1.165) is 11.1 Å². The van der Waals surface area contributed by atoms with Gasteiger partial charge in [-0.2, -0.15) is 0 Å². The lowest BCUT2D eigenvalue weighted by Crippen LogP contribution is -2.16. The summed E-state index contributed by atoms with van der Waals surface area (Å²) in [5, 5.41) is 0. The lowest BCUT2D eigenvalue weighted by molar-refractivity contribution is -0.274. The summed E-state index contributed by atoms with van der Waals surface area (Å²) in [5.41, 5.74) is 3.21. The average molecular weight is 278 g/mol. The number of hydrogen-bond donors (Lipinski definition) is 0. The van der Waals surface area contributed by atoms with Crippen molar-refractivity contribution in [2.24, 2.45) is 0 Å². The molecule has 20 heavy (non-hydrogen) atoms. The average Bonchev–Trinajstić information content (AvgIpc) is 3.22. The number of hydrogen-bond acceptors (Lipinski definition) is 1. The molecule has 0 heterocycles. The van der Waals surface area contributed by atoms with Crippen molar-refractivity contribution in [2.45, 2.75) is 25.1 Å². The Morgan fingerprint density at radius 2 is 1.30 bits per heavy atom. The molecule has 1 fully saturated rings. The summed E-state index contributed by atoms with van der Waals surface area (Å²) < 4.78 is 40.1. The Kier molecular flexibility index (Phi) is 3.16. The molecule has 4 heteroatoms. The molecule has 0 atom stereocenters. The van der Waals surface area contributed by atoms with Gasteiger partial charge >= 0.3 is 6.36 Å². The largest absolute Gasteiger partial charge is 0.573 e. The molecule has 0 spiro atoms. The fourth-order valence-corrected chi connectivity index (χ4v) is 2.21. The van der Waals surface area contributed by atoms with Gasteiger partial charge in [0.05, 0.1) is 0 Å². The maximum atomic E-state index is 12.1. The van der Waals surface area contributed by atoms with Crippen molar-refractivity contribution in [3.05, 3.63) is 54.1 Å². The minimum absolute atomic E-state index is 0.198. The first-order valence-corrected chi connectivity index (χ1v) is 6.47. The highest BCUT2D eigenvalue weighted by Crippen LogP contribution is 2.40. The van der Waals surface area contributed by atoms with Gasteiger partial charge in [0, 0.05) is 0 Å². The van der Waals surface area contributed by atoms with Gasteiger partial charge in [0.25, 0.3) is 0 Å². The third-order valence-electron chi connectivity index (χ3n) is 3.38. The third kappa shape index (κ3) is 3.13. The Balaban J connectivity index is 1.76. The van der Waals surface area contributed by atoms with Crippen LogP contribution in [0.3, 0.4) is 0 Å². The topological polar surface area (TPSA) is 9.23 Å². The Morgan fingerprint density at radius 3 is 1.75 bits per heavy atom. The van der Waals surface area contributed by atoms with Crippen LogP contribution in [-0.4, -0.2) is 6.36 Å². The first kappa shape index (κ1) is 13.0. The number of ether oxygens (including phenoxy) is 1. The zero-order chi connectivity index (χ0) is 14.2. The normalized spacial score (nSPS) is 15.2. The predicted octanol–water partition coefficient (Wildman–Crippen LogP) is 5.13. The summed E-state index contributed by atoms with van der Waals surface area (Å²) in [5.74, 6) is 0.502. The summed E-state index contributed by atoms with van der Waals surface area (Å²) >= 11 is 0. The molecule has 1 nitrogen and oxygen atoms in total. The van der Waals surface area contributed by atoms with Crippen molar-refractivity contribution in [1.29, 1.82) is 0 Å². The molecule has 0 aromatic heterocycles. The molecule has 0 amide bonds. The summed E-state index contributed by atoms with van der Waals surface area (Å²) in [6.45, 7) is 0. The van der Waals surface area contributed by atoms with Crippen LogP contribution < -0.4 is 4.74 Å². The SMILES string of the molecule is FC(F)(F)Oc1ccc(-c2ccc(C3CC3)cc2)cc1. The smallest absolute Gasteiger partial charge is 0.406 e. The van der Waals surface area contributed by atoms with E-state index in [4.69, 9.17) is 0 Å². The first-order chi connectivity index (χ1) is 9.51. The van der Waals surface area contributed by atoms with E-state index in [1.807, 2.05) is 12.1 Å². The van der Waals surface area contributed by atoms with Gasteiger partial charge in [0.15, 0.2) is 0 Å². The summed E-state index contributed by atoms with van der Waals surface area (Å²) in [6.07, 6.45) is -2.14. The number of alkyl halides is 3. The second kappa shape index (κ2) is 4.85. The second-order valence-corrected chi connectivity index (χ2v) is 4.97. The number of halogens is 3. The molecule has 0 radical (unpaired) electrons. The second-order valence-electron chi connectivity index (χ2n) is 4.97. The highest BCUT2D eigenvalue weighted by atomic mass is 19.4. The van der Waals surface area contributed by atoms with Crippen molar-refractivity contribution < 1.29 is 17.9 Å². The van der Waals surface area contributed by atoms with Crippen molar-refractivity contribution in [2.75, 3.05) is 0 Å². The third-order valence-corrected chi connectivity index (χ3v) is 3.38. The van der Waals surface area contributed by atoms with Crippen molar-refractivity contribution in [1.82, 2.24) is 0 Å². The lowest BCUT2D eigenvalue weighted by Gasteiger charge is -2.09. The number of benzene rings is 2. The molecule has 0 aliphatic heterocycles. The van der Waals surface area contributed by atoms with Crippen molar-refractivity contribution >= 4 is 0 Å². The quantitative estimate of drug-likeness (QED) is 0.756. The van der Waals surface area contributed by atoms with Gasteiger partial charge in [0.2, 0.25) is 0 Å². The maximum absolute atomic E-state index is 12.1. The van der Waals surface area contributed by atoms with Gasteiger partial charge in [-0.05, 0) is 47.6 Å². The molecule has 2 aromatic carbocycles.